The molecule has 2 bridgehead atoms. The molecule has 2 fully saturated rings. The topological polar surface area (TPSA) is 50.7 Å². The molecule has 2 N–H and O–H groups in total. The molecule has 0 aliphatic carbocycles. The van der Waals surface area contributed by atoms with E-state index in [0.717, 1.165) is 22.4 Å². The maximum atomic E-state index is 11.2. The molecule has 1 aromatic carbocycles. The summed E-state index contributed by atoms with van der Waals surface area (Å²) in [5.74, 6) is 0.882. The highest BCUT2D eigenvalue weighted by Gasteiger charge is 2.43. The van der Waals surface area contributed by atoms with Gasteiger partial charge in [0, 0.05) is 12.1 Å². The fraction of sp³-hybridized carbons (Fsp3) is 0.625. The van der Waals surface area contributed by atoms with Gasteiger partial charge in [-0.2, -0.15) is 0 Å². The van der Waals surface area contributed by atoms with E-state index in [1.165, 1.54) is 0 Å². The van der Waals surface area contributed by atoms with Crippen LogP contribution in [0.1, 0.15) is 29.5 Å². The van der Waals surface area contributed by atoms with Crippen molar-refractivity contribution in [3.63, 3.8) is 0 Å². The standard InChI is InChI=1S/C16H23NO3/c1-10-5-15(19-3)11(2)4-14(10)16(18)6-12-8-20-9-13(7-16)17-12/h4-5,12-13,17-18H,6-9H2,1-3H3. The number of piperidine rings is 1. The van der Waals surface area contributed by atoms with E-state index >= 15 is 0 Å². The molecule has 4 nitrogen and oxygen atoms in total. The Morgan fingerprint density at radius 3 is 2.45 bits per heavy atom. The minimum absolute atomic E-state index is 0.245. The predicted molar refractivity (Wildman–Crippen MR) is 77.1 cm³/mol. The van der Waals surface area contributed by atoms with Crippen LogP contribution in [-0.4, -0.2) is 37.5 Å². The highest BCUT2D eigenvalue weighted by Crippen LogP contribution is 2.39. The van der Waals surface area contributed by atoms with Crippen LogP contribution in [0.25, 0.3) is 0 Å². The summed E-state index contributed by atoms with van der Waals surface area (Å²) in [6.45, 7) is 5.44. The molecule has 0 spiro atoms. The lowest BCUT2D eigenvalue weighted by Crippen LogP contribution is -2.58. The Morgan fingerprint density at radius 1 is 1.20 bits per heavy atom. The number of nitrogens with one attached hydrogen (secondary N) is 1. The summed E-state index contributed by atoms with van der Waals surface area (Å²) in [5, 5.41) is 14.7. The minimum atomic E-state index is -0.758. The number of ether oxygens (including phenoxy) is 2. The predicted octanol–water partition coefficient (Wildman–Crippen LogP) is 1.65. The van der Waals surface area contributed by atoms with Crippen LogP contribution >= 0.6 is 0 Å². The number of methoxy groups -OCH3 is 1. The highest BCUT2D eigenvalue weighted by molar-refractivity contribution is 5.44. The van der Waals surface area contributed by atoms with Gasteiger partial charge in [-0.1, -0.05) is 0 Å². The van der Waals surface area contributed by atoms with E-state index in [4.69, 9.17) is 9.47 Å². The lowest BCUT2D eigenvalue weighted by atomic mass is 9.76. The number of aryl methyl sites for hydroxylation is 2. The third-order valence-electron chi connectivity index (χ3n) is 4.52. The van der Waals surface area contributed by atoms with Crippen molar-refractivity contribution < 1.29 is 14.6 Å². The lowest BCUT2D eigenvalue weighted by molar-refractivity contribution is -0.0805. The number of aliphatic hydroxyl groups is 1. The Bertz CT molecular complexity index is 503. The van der Waals surface area contributed by atoms with Crippen molar-refractivity contribution in [1.29, 1.82) is 0 Å². The van der Waals surface area contributed by atoms with Gasteiger partial charge in [-0.25, -0.2) is 0 Å². The normalized spacial score (nSPS) is 33.0. The van der Waals surface area contributed by atoms with Crippen LogP contribution in [-0.2, 0) is 10.3 Å². The maximum absolute atomic E-state index is 11.2. The molecule has 2 unspecified atom stereocenters. The van der Waals surface area contributed by atoms with Gasteiger partial charge < -0.3 is 19.9 Å². The van der Waals surface area contributed by atoms with E-state index in [1.807, 2.05) is 19.9 Å². The van der Waals surface area contributed by atoms with Crippen molar-refractivity contribution in [3.05, 3.63) is 28.8 Å². The largest absolute Gasteiger partial charge is 0.496 e. The molecule has 0 radical (unpaired) electrons. The van der Waals surface area contributed by atoms with Crippen molar-refractivity contribution in [2.75, 3.05) is 20.3 Å². The first-order chi connectivity index (χ1) is 9.51. The van der Waals surface area contributed by atoms with Crippen molar-refractivity contribution in [1.82, 2.24) is 5.32 Å². The van der Waals surface area contributed by atoms with Crippen LogP contribution in [0.2, 0.25) is 0 Å². The Hall–Kier alpha value is -1.10. The molecule has 0 aromatic heterocycles. The SMILES string of the molecule is COc1cc(C)c(C2(O)CC3COCC(C2)N3)cc1C. The number of benzene rings is 1. The highest BCUT2D eigenvalue weighted by atomic mass is 16.5. The van der Waals surface area contributed by atoms with Crippen LogP contribution in [0.15, 0.2) is 12.1 Å². The number of fused-ring (bicyclic) bond motifs is 2. The van der Waals surface area contributed by atoms with Gasteiger partial charge in [0.25, 0.3) is 0 Å². The van der Waals surface area contributed by atoms with Crippen molar-refractivity contribution in [3.8, 4) is 5.75 Å². The lowest BCUT2D eigenvalue weighted by Gasteiger charge is -2.45. The van der Waals surface area contributed by atoms with E-state index in [1.54, 1.807) is 7.11 Å². The van der Waals surface area contributed by atoms with E-state index in [9.17, 15) is 5.11 Å². The summed E-state index contributed by atoms with van der Waals surface area (Å²) in [4.78, 5) is 0. The van der Waals surface area contributed by atoms with Crippen molar-refractivity contribution in [2.45, 2.75) is 44.4 Å². The third-order valence-corrected chi connectivity index (χ3v) is 4.52. The summed E-state index contributed by atoms with van der Waals surface area (Å²) in [6.07, 6.45) is 1.41. The van der Waals surface area contributed by atoms with Crippen molar-refractivity contribution in [2.24, 2.45) is 0 Å². The molecule has 2 heterocycles. The average Bonchev–Trinajstić information content (AvgIpc) is 2.40. The number of hydrogen-bond acceptors (Lipinski definition) is 4. The Morgan fingerprint density at radius 2 is 1.85 bits per heavy atom. The summed E-state index contributed by atoms with van der Waals surface area (Å²) in [5.41, 5.74) is 2.44. The first-order valence-corrected chi connectivity index (χ1v) is 7.24. The molecule has 2 aliphatic heterocycles. The Labute approximate surface area is 120 Å². The third kappa shape index (κ3) is 2.32. The molecule has 0 saturated carbocycles. The van der Waals surface area contributed by atoms with Gasteiger partial charge in [-0.15, -0.1) is 0 Å². The van der Waals surface area contributed by atoms with Gasteiger partial charge in [0.05, 0.1) is 25.9 Å². The second kappa shape index (κ2) is 5.02. The Kier molecular flexibility index (Phi) is 3.48. The molecule has 2 saturated heterocycles. The molecule has 2 aliphatic rings. The van der Waals surface area contributed by atoms with Gasteiger partial charge in [-0.3, -0.25) is 0 Å². The second-order valence-electron chi connectivity index (χ2n) is 6.17. The van der Waals surface area contributed by atoms with Gasteiger partial charge in [0.15, 0.2) is 0 Å². The van der Waals surface area contributed by atoms with Gasteiger partial charge in [0.2, 0.25) is 0 Å². The zero-order valence-electron chi connectivity index (χ0n) is 12.4. The van der Waals surface area contributed by atoms with Gasteiger partial charge in [0.1, 0.15) is 5.75 Å². The number of hydrogen-bond donors (Lipinski definition) is 2. The fourth-order valence-corrected chi connectivity index (χ4v) is 3.65. The van der Waals surface area contributed by atoms with Crippen LogP contribution in [0.5, 0.6) is 5.75 Å². The van der Waals surface area contributed by atoms with E-state index in [0.29, 0.717) is 26.1 Å². The monoisotopic (exact) mass is 277 g/mol. The smallest absolute Gasteiger partial charge is 0.122 e. The van der Waals surface area contributed by atoms with E-state index < -0.39 is 5.60 Å². The molecule has 0 amide bonds. The first kappa shape index (κ1) is 13.9. The molecule has 2 atom stereocenters. The summed E-state index contributed by atoms with van der Waals surface area (Å²) < 4.78 is 10.9. The van der Waals surface area contributed by atoms with Crippen LogP contribution < -0.4 is 10.1 Å². The van der Waals surface area contributed by atoms with Gasteiger partial charge in [-0.05, 0) is 55.5 Å². The number of rotatable bonds is 2. The minimum Gasteiger partial charge on any atom is -0.496 e. The molecule has 1 aromatic rings. The average molecular weight is 277 g/mol. The summed E-state index contributed by atoms with van der Waals surface area (Å²) >= 11 is 0. The van der Waals surface area contributed by atoms with Crippen LogP contribution in [0, 0.1) is 13.8 Å². The van der Waals surface area contributed by atoms with Gasteiger partial charge >= 0.3 is 0 Å². The first-order valence-electron chi connectivity index (χ1n) is 7.24. The van der Waals surface area contributed by atoms with E-state index in [-0.39, 0.29) is 12.1 Å². The second-order valence-corrected chi connectivity index (χ2v) is 6.17. The zero-order chi connectivity index (χ0) is 14.3. The van der Waals surface area contributed by atoms with Crippen LogP contribution in [0.3, 0.4) is 0 Å². The summed E-state index contributed by atoms with van der Waals surface area (Å²) in [7, 11) is 1.68. The molecular weight excluding hydrogens is 254 g/mol. The molecule has 20 heavy (non-hydrogen) atoms. The molecule has 3 rings (SSSR count). The maximum Gasteiger partial charge on any atom is 0.122 e. The van der Waals surface area contributed by atoms with E-state index in [2.05, 4.69) is 11.4 Å². The quantitative estimate of drug-likeness (QED) is 0.863. The van der Waals surface area contributed by atoms with Crippen LogP contribution in [0.4, 0.5) is 0 Å². The van der Waals surface area contributed by atoms with Crippen molar-refractivity contribution >= 4 is 0 Å². The molecule has 4 heteroatoms. The fourth-order valence-electron chi connectivity index (χ4n) is 3.65. The number of morpholine rings is 1. The Balaban J connectivity index is 1.97. The molecule has 110 valence electrons. The zero-order valence-corrected chi connectivity index (χ0v) is 12.4. The summed E-state index contributed by atoms with van der Waals surface area (Å²) in [6, 6.07) is 4.59. The molecular formula is C16H23NO3.